The van der Waals surface area contributed by atoms with E-state index in [-0.39, 0.29) is 0 Å². The molecule has 1 saturated carbocycles. The van der Waals surface area contributed by atoms with Gasteiger partial charge in [0.15, 0.2) is 0 Å². The Morgan fingerprint density at radius 1 is 1.22 bits per heavy atom. The molecule has 0 aromatic rings. The second kappa shape index (κ2) is 6.88. The lowest BCUT2D eigenvalue weighted by molar-refractivity contribution is 0.00581. The van der Waals surface area contributed by atoms with Gasteiger partial charge in [-0.25, -0.2) is 0 Å². The Bertz CT molecular complexity index is 227. The van der Waals surface area contributed by atoms with Crippen molar-refractivity contribution in [2.75, 3.05) is 32.9 Å². The summed E-state index contributed by atoms with van der Waals surface area (Å²) in [5, 5.41) is 3.48. The molecule has 0 aromatic carbocycles. The lowest BCUT2D eigenvalue weighted by Crippen LogP contribution is -2.30. The minimum absolute atomic E-state index is 0.509. The third-order valence-electron chi connectivity index (χ3n) is 4.38. The smallest absolute Gasteiger partial charge is 0.0594 e. The monoisotopic (exact) mass is 255 g/mol. The zero-order valence-electron chi connectivity index (χ0n) is 12.0. The molecule has 1 aliphatic heterocycles. The van der Waals surface area contributed by atoms with Crippen molar-refractivity contribution in [3.05, 3.63) is 0 Å². The van der Waals surface area contributed by atoms with Crippen LogP contribution >= 0.6 is 0 Å². The Morgan fingerprint density at radius 2 is 2.00 bits per heavy atom. The van der Waals surface area contributed by atoms with Crippen molar-refractivity contribution in [3.63, 3.8) is 0 Å². The van der Waals surface area contributed by atoms with Crippen LogP contribution in [0.25, 0.3) is 0 Å². The van der Waals surface area contributed by atoms with E-state index in [1.165, 1.54) is 32.1 Å². The second-order valence-corrected chi connectivity index (χ2v) is 6.67. The maximum Gasteiger partial charge on any atom is 0.0594 e. The highest BCUT2D eigenvalue weighted by atomic mass is 16.5. The SMILES string of the molecule is CC1(C)CCC(OCCNCC2CCOC2)CC1. The molecule has 0 radical (unpaired) electrons. The van der Waals surface area contributed by atoms with E-state index in [0.29, 0.717) is 11.5 Å². The van der Waals surface area contributed by atoms with Gasteiger partial charge in [-0.1, -0.05) is 13.8 Å². The van der Waals surface area contributed by atoms with Crippen LogP contribution < -0.4 is 5.32 Å². The molecule has 0 aromatic heterocycles. The Kier molecular flexibility index (Phi) is 5.46. The summed E-state index contributed by atoms with van der Waals surface area (Å²) < 4.78 is 11.3. The molecule has 1 N–H and O–H groups in total. The van der Waals surface area contributed by atoms with Gasteiger partial charge in [0.2, 0.25) is 0 Å². The van der Waals surface area contributed by atoms with Crippen LogP contribution in [0.5, 0.6) is 0 Å². The quantitative estimate of drug-likeness (QED) is 0.740. The van der Waals surface area contributed by atoms with Crippen molar-refractivity contribution in [2.45, 2.75) is 52.1 Å². The highest BCUT2D eigenvalue weighted by Gasteiger charge is 2.26. The second-order valence-electron chi connectivity index (χ2n) is 6.67. The zero-order valence-corrected chi connectivity index (χ0v) is 12.0. The third-order valence-corrected chi connectivity index (χ3v) is 4.38. The van der Waals surface area contributed by atoms with Crippen molar-refractivity contribution in [1.82, 2.24) is 5.32 Å². The molecule has 0 spiro atoms. The number of ether oxygens (including phenoxy) is 2. The maximum absolute atomic E-state index is 5.95. The first-order valence-corrected chi connectivity index (χ1v) is 7.56. The van der Waals surface area contributed by atoms with Gasteiger partial charge in [0, 0.05) is 19.7 Å². The van der Waals surface area contributed by atoms with Crippen LogP contribution in [-0.2, 0) is 9.47 Å². The van der Waals surface area contributed by atoms with Crippen molar-refractivity contribution in [1.29, 1.82) is 0 Å². The van der Waals surface area contributed by atoms with Gasteiger partial charge in [-0.3, -0.25) is 0 Å². The minimum Gasteiger partial charge on any atom is -0.381 e. The zero-order chi connectivity index (χ0) is 12.8. The summed E-state index contributed by atoms with van der Waals surface area (Å²) >= 11 is 0. The van der Waals surface area contributed by atoms with E-state index in [9.17, 15) is 0 Å². The molecule has 18 heavy (non-hydrogen) atoms. The number of hydrogen-bond donors (Lipinski definition) is 1. The first-order valence-electron chi connectivity index (χ1n) is 7.56. The Morgan fingerprint density at radius 3 is 2.67 bits per heavy atom. The fourth-order valence-electron chi connectivity index (χ4n) is 2.89. The van der Waals surface area contributed by atoms with E-state index in [1.54, 1.807) is 0 Å². The topological polar surface area (TPSA) is 30.5 Å². The predicted molar refractivity (Wildman–Crippen MR) is 73.8 cm³/mol. The van der Waals surface area contributed by atoms with Crippen LogP contribution in [0.2, 0.25) is 0 Å². The molecule has 1 heterocycles. The number of hydrogen-bond acceptors (Lipinski definition) is 3. The standard InChI is InChI=1S/C15H29NO2/c1-15(2)6-3-14(4-7-15)18-10-8-16-11-13-5-9-17-12-13/h13-14,16H,3-12H2,1-2H3. The molecule has 2 aliphatic rings. The van der Waals surface area contributed by atoms with E-state index in [0.717, 1.165) is 38.8 Å². The minimum atomic E-state index is 0.509. The fraction of sp³-hybridized carbons (Fsp3) is 1.00. The van der Waals surface area contributed by atoms with Crippen LogP contribution in [0.15, 0.2) is 0 Å². The first kappa shape index (κ1) is 14.3. The summed E-state index contributed by atoms with van der Waals surface area (Å²) in [5.74, 6) is 0.723. The molecule has 2 fully saturated rings. The Labute approximate surface area is 112 Å². The van der Waals surface area contributed by atoms with E-state index in [1.807, 2.05) is 0 Å². The molecule has 3 heteroatoms. The highest BCUT2D eigenvalue weighted by molar-refractivity contribution is 4.78. The summed E-state index contributed by atoms with van der Waals surface area (Å²) in [7, 11) is 0. The summed E-state index contributed by atoms with van der Waals surface area (Å²) in [5.41, 5.74) is 0.542. The molecule has 2 rings (SSSR count). The van der Waals surface area contributed by atoms with E-state index < -0.39 is 0 Å². The summed E-state index contributed by atoms with van der Waals surface area (Å²) in [6.45, 7) is 9.55. The van der Waals surface area contributed by atoms with Crippen molar-refractivity contribution in [3.8, 4) is 0 Å². The number of nitrogens with one attached hydrogen (secondary N) is 1. The van der Waals surface area contributed by atoms with Crippen molar-refractivity contribution < 1.29 is 9.47 Å². The molecule has 3 nitrogen and oxygen atoms in total. The van der Waals surface area contributed by atoms with Gasteiger partial charge in [-0.05, 0) is 43.4 Å². The van der Waals surface area contributed by atoms with Crippen LogP contribution in [-0.4, -0.2) is 39.0 Å². The fourth-order valence-corrected chi connectivity index (χ4v) is 2.89. The molecule has 0 amide bonds. The number of rotatable bonds is 6. The molecule has 1 atom stereocenters. The molecular weight excluding hydrogens is 226 g/mol. The average molecular weight is 255 g/mol. The lowest BCUT2D eigenvalue weighted by Gasteiger charge is -2.34. The van der Waals surface area contributed by atoms with Crippen LogP contribution in [0, 0.1) is 11.3 Å². The molecule has 106 valence electrons. The van der Waals surface area contributed by atoms with Crippen LogP contribution in [0.1, 0.15) is 46.0 Å². The van der Waals surface area contributed by atoms with Crippen molar-refractivity contribution in [2.24, 2.45) is 11.3 Å². The lowest BCUT2D eigenvalue weighted by atomic mass is 9.76. The molecule has 1 saturated heterocycles. The summed E-state index contributed by atoms with van der Waals surface area (Å²) in [6, 6.07) is 0. The molecule has 1 unspecified atom stereocenters. The Balaban J connectivity index is 1.46. The van der Waals surface area contributed by atoms with Gasteiger partial charge in [-0.15, -0.1) is 0 Å². The van der Waals surface area contributed by atoms with Crippen LogP contribution in [0.4, 0.5) is 0 Å². The van der Waals surface area contributed by atoms with Crippen molar-refractivity contribution >= 4 is 0 Å². The normalized spacial score (nSPS) is 28.7. The average Bonchev–Trinajstić information content (AvgIpc) is 2.84. The van der Waals surface area contributed by atoms with E-state index in [2.05, 4.69) is 19.2 Å². The van der Waals surface area contributed by atoms with Gasteiger partial charge in [0.25, 0.3) is 0 Å². The van der Waals surface area contributed by atoms with Gasteiger partial charge in [0.05, 0.1) is 19.3 Å². The van der Waals surface area contributed by atoms with E-state index in [4.69, 9.17) is 9.47 Å². The molecular formula is C15H29NO2. The largest absolute Gasteiger partial charge is 0.381 e. The first-order chi connectivity index (χ1) is 8.66. The summed E-state index contributed by atoms with van der Waals surface area (Å²) in [4.78, 5) is 0. The van der Waals surface area contributed by atoms with Gasteiger partial charge < -0.3 is 14.8 Å². The van der Waals surface area contributed by atoms with Gasteiger partial charge in [0.1, 0.15) is 0 Å². The Hall–Kier alpha value is -0.120. The van der Waals surface area contributed by atoms with Gasteiger partial charge in [-0.2, -0.15) is 0 Å². The van der Waals surface area contributed by atoms with Gasteiger partial charge >= 0.3 is 0 Å². The molecule has 1 aliphatic carbocycles. The predicted octanol–water partition coefficient (Wildman–Crippen LogP) is 2.60. The highest BCUT2D eigenvalue weighted by Crippen LogP contribution is 2.35. The summed E-state index contributed by atoms with van der Waals surface area (Å²) in [6.07, 6.45) is 6.82. The third kappa shape index (κ3) is 4.87. The molecule has 0 bridgehead atoms. The van der Waals surface area contributed by atoms with Crippen LogP contribution in [0.3, 0.4) is 0 Å². The van der Waals surface area contributed by atoms with E-state index >= 15 is 0 Å². The maximum atomic E-state index is 5.95.